The number of nitrogens with zero attached hydrogens (tertiary/aromatic N) is 1. The van der Waals surface area contributed by atoms with Crippen LogP contribution in [0.15, 0.2) is 29.4 Å². The molecule has 0 saturated carbocycles. The Morgan fingerprint density at radius 1 is 1.50 bits per heavy atom. The summed E-state index contributed by atoms with van der Waals surface area (Å²) in [5.41, 5.74) is 0. The number of ether oxygens (including phenoxy) is 1. The summed E-state index contributed by atoms with van der Waals surface area (Å²) in [6.45, 7) is 3.28. The lowest BCUT2D eigenvalue weighted by Crippen LogP contribution is -2.18. The van der Waals surface area contributed by atoms with Gasteiger partial charge in [0.1, 0.15) is 0 Å². The molecule has 0 aliphatic rings. The van der Waals surface area contributed by atoms with Gasteiger partial charge >= 0.3 is 0 Å². The third-order valence-corrected chi connectivity index (χ3v) is 3.10. The Bertz CT molecular complexity index is 269. The molecule has 0 bridgehead atoms. The number of hydrogen-bond donors (Lipinski definition) is 1. The molecule has 0 spiro atoms. The Balaban J connectivity index is 2.08. The second-order valence-electron chi connectivity index (χ2n) is 3.56. The van der Waals surface area contributed by atoms with Crippen molar-refractivity contribution in [1.82, 2.24) is 4.98 Å². The van der Waals surface area contributed by atoms with E-state index < -0.39 is 6.10 Å². The number of aromatic nitrogens is 1. The Kier molecular flexibility index (Phi) is 7.21. The van der Waals surface area contributed by atoms with Crippen molar-refractivity contribution < 1.29 is 9.84 Å². The molecule has 0 fully saturated rings. The van der Waals surface area contributed by atoms with E-state index in [1.807, 2.05) is 18.2 Å². The van der Waals surface area contributed by atoms with Gasteiger partial charge in [0.2, 0.25) is 0 Å². The van der Waals surface area contributed by atoms with E-state index >= 15 is 0 Å². The molecule has 1 aromatic heterocycles. The molecule has 0 aliphatic heterocycles. The van der Waals surface area contributed by atoms with Gasteiger partial charge in [0, 0.05) is 18.6 Å². The first kappa shape index (κ1) is 13.5. The zero-order valence-corrected chi connectivity index (χ0v) is 10.4. The van der Waals surface area contributed by atoms with E-state index in [4.69, 9.17) is 4.74 Å². The Morgan fingerprint density at radius 3 is 3.06 bits per heavy atom. The predicted molar refractivity (Wildman–Crippen MR) is 66.7 cm³/mol. The van der Waals surface area contributed by atoms with Crippen LogP contribution in [0.2, 0.25) is 0 Å². The average molecular weight is 241 g/mol. The van der Waals surface area contributed by atoms with E-state index in [1.54, 1.807) is 18.0 Å². The SMILES string of the molecule is CCCCOCC(O)CSc1ccccn1. The van der Waals surface area contributed by atoms with Gasteiger partial charge in [0.05, 0.1) is 17.7 Å². The van der Waals surface area contributed by atoms with E-state index in [0.29, 0.717) is 12.4 Å². The minimum absolute atomic E-state index is 0.413. The molecule has 3 nitrogen and oxygen atoms in total. The van der Waals surface area contributed by atoms with Crippen molar-refractivity contribution in [3.8, 4) is 0 Å². The molecule has 1 rings (SSSR count). The molecule has 16 heavy (non-hydrogen) atoms. The number of aliphatic hydroxyl groups excluding tert-OH is 1. The predicted octanol–water partition coefficient (Wildman–Crippen LogP) is 2.35. The average Bonchev–Trinajstić information content (AvgIpc) is 2.33. The molecule has 1 aromatic rings. The van der Waals surface area contributed by atoms with Crippen LogP contribution in [0.4, 0.5) is 0 Å². The molecule has 1 unspecified atom stereocenters. The van der Waals surface area contributed by atoms with Gasteiger partial charge in [0.15, 0.2) is 0 Å². The minimum Gasteiger partial charge on any atom is -0.390 e. The van der Waals surface area contributed by atoms with Crippen molar-refractivity contribution in [3.63, 3.8) is 0 Å². The van der Waals surface area contributed by atoms with Crippen LogP contribution < -0.4 is 0 Å². The number of rotatable bonds is 8. The number of thioether (sulfide) groups is 1. The van der Waals surface area contributed by atoms with E-state index in [2.05, 4.69) is 11.9 Å². The van der Waals surface area contributed by atoms with Gasteiger partial charge in [0.25, 0.3) is 0 Å². The summed E-state index contributed by atoms with van der Waals surface area (Å²) < 4.78 is 5.34. The van der Waals surface area contributed by atoms with Gasteiger partial charge in [-0.2, -0.15) is 0 Å². The van der Waals surface area contributed by atoms with E-state index in [0.717, 1.165) is 24.5 Å². The molecule has 0 aliphatic carbocycles. The quantitative estimate of drug-likeness (QED) is 0.560. The van der Waals surface area contributed by atoms with Crippen molar-refractivity contribution in [2.24, 2.45) is 0 Å². The smallest absolute Gasteiger partial charge is 0.0960 e. The zero-order valence-electron chi connectivity index (χ0n) is 9.63. The summed E-state index contributed by atoms with van der Waals surface area (Å²) in [4.78, 5) is 4.17. The van der Waals surface area contributed by atoms with Crippen LogP contribution in [-0.4, -0.2) is 35.2 Å². The first-order chi connectivity index (χ1) is 7.83. The summed E-state index contributed by atoms with van der Waals surface area (Å²) in [6, 6.07) is 5.77. The molecular formula is C12H19NO2S. The van der Waals surface area contributed by atoms with Crippen molar-refractivity contribution in [1.29, 1.82) is 0 Å². The highest BCUT2D eigenvalue weighted by molar-refractivity contribution is 7.99. The van der Waals surface area contributed by atoms with E-state index in [9.17, 15) is 5.11 Å². The lowest BCUT2D eigenvalue weighted by molar-refractivity contribution is 0.0473. The standard InChI is InChI=1S/C12H19NO2S/c1-2-3-8-15-9-11(14)10-16-12-6-4-5-7-13-12/h4-7,11,14H,2-3,8-10H2,1H3. The summed E-state index contributed by atoms with van der Waals surface area (Å²) in [5, 5.41) is 10.6. The molecule has 4 heteroatoms. The second-order valence-corrected chi connectivity index (χ2v) is 4.60. The van der Waals surface area contributed by atoms with Gasteiger partial charge < -0.3 is 9.84 Å². The highest BCUT2D eigenvalue weighted by Gasteiger charge is 2.05. The van der Waals surface area contributed by atoms with Crippen molar-refractivity contribution in [2.45, 2.75) is 30.9 Å². The van der Waals surface area contributed by atoms with Crippen molar-refractivity contribution >= 4 is 11.8 Å². The second kappa shape index (κ2) is 8.56. The molecule has 1 heterocycles. The fourth-order valence-electron chi connectivity index (χ4n) is 1.13. The van der Waals surface area contributed by atoms with Crippen LogP contribution in [0.3, 0.4) is 0 Å². The van der Waals surface area contributed by atoms with Gasteiger partial charge in [-0.3, -0.25) is 0 Å². The topological polar surface area (TPSA) is 42.4 Å². The molecule has 0 aromatic carbocycles. The van der Waals surface area contributed by atoms with Crippen molar-refractivity contribution in [3.05, 3.63) is 24.4 Å². The van der Waals surface area contributed by atoms with Crippen LogP contribution >= 0.6 is 11.8 Å². The highest BCUT2D eigenvalue weighted by Crippen LogP contribution is 2.15. The van der Waals surface area contributed by atoms with Gasteiger partial charge in [-0.05, 0) is 18.6 Å². The summed E-state index contributed by atoms with van der Waals surface area (Å²) in [6.07, 6.45) is 3.52. The zero-order chi connectivity index (χ0) is 11.6. The van der Waals surface area contributed by atoms with Crippen LogP contribution in [0.5, 0.6) is 0 Å². The maximum absolute atomic E-state index is 9.64. The summed E-state index contributed by atoms with van der Waals surface area (Å²) >= 11 is 1.55. The van der Waals surface area contributed by atoms with Gasteiger partial charge in [-0.1, -0.05) is 19.4 Å². The summed E-state index contributed by atoms with van der Waals surface area (Å²) in [7, 11) is 0. The Labute approximate surface area is 101 Å². The van der Waals surface area contributed by atoms with Crippen molar-refractivity contribution in [2.75, 3.05) is 19.0 Å². The van der Waals surface area contributed by atoms with Gasteiger partial charge in [-0.15, -0.1) is 11.8 Å². The van der Waals surface area contributed by atoms with Crippen LogP contribution in [0, 0.1) is 0 Å². The fourth-order valence-corrected chi connectivity index (χ4v) is 1.90. The first-order valence-corrected chi connectivity index (χ1v) is 6.61. The highest BCUT2D eigenvalue weighted by atomic mass is 32.2. The van der Waals surface area contributed by atoms with Crippen LogP contribution in [0.25, 0.3) is 0 Å². The normalized spacial score (nSPS) is 12.6. The maximum atomic E-state index is 9.64. The molecule has 1 N–H and O–H groups in total. The van der Waals surface area contributed by atoms with E-state index in [1.165, 1.54) is 0 Å². The maximum Gasteiger partial charge on any atom is 0.0960 e. The Hall–Kier alpha value is -0.580. The molecule has 0 radical (unpaired) electrons. The molecule has 1 atom stereocenters. The van der Waals surface area contributed by atoms with Crippen LogP contribution in [0.1, 0.15) is 19.8 Å². The summed E-state index contributed by atoms with van der Waals surface area (Å²) in [5.74, 6) is 0.628. The number of unbranched alkanes of at least 4 members (excludes halogenated alkanes) is 1. The number of aliphatic hydroxyl groups is 1. The monoisotopic (exact) mass is 241 g/mol. The first-order valence-electron chi connectivity index (χ1n) is 5.62. The van der Waals surface area contributed by atoms with Crippen LogP contribution in [-0.2, 0) is 4.74 Å². The molecule has 0 amide bonds. The number of pyridine rings is 1. The third kappa shape index (κ3) is 6.10. The fraction of sp³-hybridized carbons (Fsp3) is 0.583. The van der Waals surface area contributed by atoms with E-state index in [-0.39, 0.29) is 0 Å². The third-order valence-electron chi connectivity index (χ3n) is 2.01. The van der Waals surface area contributed by atoms with Gasteiger partial charge in [-0.25, -0.2) is 4.98 Å². The molecular weight excluding hydrogens is 222 g/mol. The largest absolute Gasteiger partial charge is 0.390 e. The minimum atomic E-state index is -0.413. The lowest BCUT2D eigenvalue weighted by atomic mass is 10.3. The number of hydrogen-bond acceptors (Lipinski definition) is 4. The lowest BCUT2D eigenvalue weighted by Gasteiger charge is -2.10. The Morgan fingerprint density at radius 2 is 2.38 bits per heavy atom. The molecule has 0 saturated heterocycles. The molecule has 90 valence electrons.